The van der Waals surface area contributed by atoms with Crippen molar-refractivity contribution in [3.8, 4) is 0 Å². The average molecular weight is 403 g/mol. The van der Waals surface area contributed by atoms with Crippen molar-refractivity contribution < 1.29 is 23.5 Å². The first kappa shape index (κ1) is 20.6. The third kappa shape index (κ3) is 4.01. The van der Waals surface area contributed by atoms with Gasteiger partial charge in [0.15, 0.2) is 5.58 Å². The first-order chi connectivity index (χ1) is 13.6. The predicted molar refractivity (Wildman–Crippen MR) is 106 cm³/mol. The fourth-order valence-corrected chi connectivity index (χ4v) is 2.70. The Morgan fingerprint density at radius 1 is 1.34 bits per heavy atom. The number of hydrogen-bond acceptors (Lipinski definition) is 6. The van der Waals surface area contributed by atoms with Crippen molar-refractivity contribution >= 4 is 28.4 Å². The van der Waals surface area contributed by atoms with E-state index in [1.54, 1.807) is 26.8 Å². The minimum Gasteiger partial charge on any atom is -0.463 e. The van der Waals surface area contributed by atoms with Crippen LogP contribution in [0.25, 0.3) is 11.0 Å². The topological polar surface area (TPSA) is 106 Å². The number of aliphatic hydroxyl groups excluding tert-OH is 1. The molecule has 1 aromatic carbocycles. The molecule has 0 radical (unpaired) electrons. The Labute approximate surface area is 165 Å². The van der Waals surface area contributed by atoms with Crippen LogP contribution in [0.15, 0.2) is 39.7 Å². The van der Waals surface area contributed by atoms with Crippen molar-refractivity contribution in [2.24, 2.45) is 7.05 Å². The van der Waals surface area contributed by atoms with Crippen molar-refractivity contribution in [3.63, 3.8) is 0 Å². The molecule has 29 heavy (non-hydrogen) atoms. The molecule has 0 saturated heterocycles. The summed E-state index contributed by atoms with van der Waals surface area (Å²) in [6.45, 7) is 4.57. The maximum Gasteiger partial charge on any atom is 0.282 e. The molecule has 0 aliphatic rings. The lowest BCUT2D eigenvalue weighted by Crippen LogP contribution is -2.39. The summed E-state index contributed by atoms with van der Waals surface area (Å²) in [5, 5.41) is 12.3. The highest BCUT2D eigenvalue weighted by Crippen LogP contribution is 2.28. The number of aromatic nitrogens is 1. The van der Waals surface area contributed by atoms with Crippen LogP contribution in [-0.4, -0.2) is 27.8 Å². The van der Waals surface area contributed by atoms with E-state index in [4.69, 9.17) is 9.25 Å². The van der Waals surface area contributed by atoms with Gasteiger partial charge in [0, 0.05) is 7.05 Å². The quantitative estimate of drug-likeness (QED) is 0.547. The summed E-state index contributed by atoms with van der Waals surface area (Å²) < 4.78 is 21.0. The normalized spacial score (nSPS) is 11.7. The molecule has 0 unspecified atom stereocenters. The summed E-state index contributed by atoms with van der Waals surface area (Å²) >= 11 is 0. The van der Waals surface area contributed by atoms with Gasteiger partial charge >= 0.3 is 0 Å². The molecule has 0 fully saturated rings. The van der Waals surface area contributed by atoms with Crippen LogP contribution in [0.1, 0.15) is 29.8 Å². The number of amides is 1. The van der Waals surface area contributed by atoms with Gasteiger partial charge in [0.25, 0.3) is 11.5 Å². The Morgan fingerprint density at radius 3 is 2.72 bits per heavy atom. The number of hydrogen-bond donors (Lipinski definition) is 3. The Balaban J connectivity index is 2.12. The number of nitrogens with zero attached hydrogens (tertiary/aromatic N) is 1. The molecule has 3 N–H and O–H groups in total. The maximum atomic E-state index is 14.4. The van der Waals surface area contributed by atoms with E-state index in [0.29, 0.717) is 0 Å². The largest absolute Gasteiger partial charge is 0.463 e. The van der Waals surface area contributed by atoms with E-state index in [1.807, 2.05) is 0 Å². The lowest BCUT2D eigenvalue weighted by Gasteiger charge is -2.22. The maximum absolute atomic E-state index is 14.4. The highest BCUT2D eigenvalue weighted by molar-refractivity contribution is 6.09. The number of hydroxylamine groups is 1. The average Bonchev–Trinajstić information content (AvgIpc) is 3.15. The molecule has 0 aliphatic heterocycles. The van der Waals surface area contributed by atoms with Crippen LogP contribution < -0.4 is 16.4 Å². The SMILES string of the molecule is Cc1ccc(Nc2c(C(=O)NOC(C)(C)CO)c3occc3c(=O)n2C)c(F)c1. The Morgan fingerprint density at radius 2 is 2.07 bits per heavy atom. The zero-order valence-corrected chi connectivity index (χ0v) is 16.5. The van der Waals surface area contributed by atoms with Crippen LogP contribution in [0.5, 0.6) is 0 Å². The molecule has 0 bridgehead atoms. The smallest absolute Gasteiger partial charge is 0.282 e. The number of nitrogens with one attached hydrogen (secondary N) is 2. The zero-order chi connectivity index (χ0) is 21.3. The predicted octanol–water partition coefficient (Wildman–Crippen LogP) is 2.75. The van der Waals surface area contributed by atoms with Gasteiger partial charge in [0.05, 0.1) is 23.9 Å². The van der Waals surface area contributed by atoms with Gasteiger partial charge in [0.2, 0.25) is 0 Å². The number of rotatable bonds is 6. The third-order valence-electron chi connectivity index (χ3n) is 4.41. The first-order valence-electron chi connectivity index (χ1n) is 8.87. The molecule has 3 aromatic rings. The van der Waals surface area contributed by atoms with Crippen LogP contribution in [0.4, 0.5) is 15.9 Å². The highest BCUT2D eigenvalue weighted by Gasteiger charge is 2.26. The molecule has 2 heterocycles. The Bertz CT molecular complexity index is 1130. The molecule has 154 valence electrons. The summed E-state index contributed by atoms with van der Waals surface area (Å²) in [5.41, 5.74) is 1.61. The number of aryl methyl sites for hydroxylation is 1. The van der Waals surface area contributed by atoms with E-state index in [0.717, 1.165) is 5.56 Å². The Kier molecular flexibility index (Phi) is 5.45. The van der Waals surface area contributed by atoms with E-state index in [-0.39, 0.29) is 34.6 Å². The van der Waals surface area contributed by atoms with E-state index >= 15 is 0 Å². The molecule has 0 atom stereocenters. The lowest BCUT2D eigenvalue weighted by molar-refractivity contribution is -0.0956. The number of carbonyl (C=O) groups excluding carboxylic acids is 1. The number of benzene rings is 1. The number of pyridine rings is 1. The third-order valence-corrected chi connectivity index (χ3v) is 4.41. The summed E-state index contributed by atoms with van der Waals surface area (Å²) in [4.78, 5) is 30.8. The van der Waals surface area contributed by atoms with Gasteiger partial charge in [-0.1, -0.05) is 6.07 Å². The molecule has 0 saturated carbocycles. The number of aliphatic hydroxyl groups is 1. The van der Waals surface area contributed by atoms with Crippen LogP contribution in [0.2, 0.25) is 0 Å². The van der Waals surface area contributed by atoms with Gasteiger partial charge in [0.1, 0.15) is 22.8 Å². The molecule has 3 rings (SSSR count). The molecule has 1 amide bonds. The fraction of sp³-hybridized carbons (Fsp3) is 0.300. The minimum atomic E-state index is -1.03. The number of halogens is 1. The summed E-state index contributed by atoms with van der Waals surface area (Å²) in [5.74, 6) is -1.23. The van der Waals surface area contributed by atoms with Crippen molar-refractivity contribution in [1.82, 2.24) is 10.0 Å². The first-order valence-corrected chi connectivity index (χ1v) is 8.87. The van der Waals surface area contributed by atoms with E-state index < -0.39 is 22.9 Å². The number of fused-ring (bicyclic) bond motifs is 1. The van der Waals surface area contributed by atoms with E-state index in [9.17, 15) is 19.1 Å². The molecule has 0 spiro atoms. The molecular weight excluding hydrogens is 381 g/mol. The van der Waals surface area contributed by atoms with Crippen molar-refractivity contribution in [2.75, 3.05) is 11.9 Å². The number of anilines is 2. The standard InChI is InChI=1S/C20H22FN3O5/c1-11-5-6-14(13(21)9-11)22-17-15(18(26)23-29-20(2,3)10-25)16-12(7-8-28-16)19(27)24(17)4/h5-9,22,25H,10H2,1-4H3,(H,23,26). The zero-order valence-electron chi connectivity index (χ0n) is 16.5. The van der Waals surface area contributed by atoms with Gasteiger partial charge in [-0.25, -0.2) is 9.87 Å². The molecule has 2 aromatic heterocycles. The molecular formula is C20H22FN3O5. The second kappa shape index (κ2) is 7.69. The minimum absolute atomic E-state index is 0.0307. The lowest BCUT2D eigenvalue weighted by atomic mass is 10.1. The highest BCUT2D eigenvalue weighted by atomic mass is 19.1. The van der Waals surface area contributed by atoms with Crippen molar-refractivity contribution in [1.29, 1.82) is 0 Å². The molecule has 8 nitrogen and oxygen atoms in total. The van der Waals surface area contributed by atoms with Gasteiger partial charge in [-0.2, -0.15) is 0 Å². The van der Waals surface area contributed by atoms with E-state index in [2.05, 4.69) is 10.8 Å². The van der Waals surface area contributed by atoms with Gasteiger partial charge in [-0.3, -0.25) is 19.0 Å². The van der Waals surface area contributed by atoms with Gasteiger partial charge < -0.3 is 14.8 Å². The second-order valence-electron chi connectivity index (χ2n) is 7.31. The number of furan rings is 1. The fourth-order valence-electron chi connectivity index (χ4n) is 2.70. The van der Waals surface area contributed by atoms with Crippen molar-refractivity contribution in [3.05, 3.63) is 57.8 Å². The summed E-state index contributed by atoms with van der Waals surface area (Å²) in [7, 11) is 1.46. The molecule has 9 heteroatoms. The van der Waals surface area contributed by atoms with Gasteiger partial charge in [-0.05, 0) is 44.5 Å². The van der Waals surface area contributed by atoms with Crippen LogP contribution >= 0.6 is 0 Å². The van der Waals surface area contributed by atoms with Crippen molar-refractivity contribution in [2.45, 2.75) is 26.4 Å². The van der Waals surface area contributed by atoms with Gasteiger partial charge in [-0.15, -0.1) is 0 Å². The Hall–Kier alpha value is -3.17. The monoisotopic (exact) mass is 403 g/mol. The van der Waals surface area contributed by atoms with Crippen LogP contribution in [0, 0.1) is 12.7 Å². The van der Waals surface area contributed by atoms with Crippen LogP contribution in [-0.2, 0) is 11.9 Å². The summed E-state index contributed by atoms with van der Waals surface area (Å²) in [6.07, 6.45) is 1.29. The van der Waals surface area contributed by atoms with Crippen LogP contribution in [0.3, 0.4) is 0 Å². The van der Waals surface area contributed by atoms with E-state index in [1.165, 1.54) is 36.1 Å². The second-order valence-corrected chi connectivity index (χ2v) is 7.31. The summed E-state index contributed by atoms with van der Waals surface area (Å²) in [6, 6.07) is 5.98. The number of carbonyl (C=O) groups is 1. The molecule has 0 aliphatic carbocycles.